The fourth-order valence-corrected chi connectivity index (χ4v) is 26.0. The van der Waals surface area contributed by atoms with Gasteiger partial charge in [-0.1, -0.05) is 34.8 Å². The molecule has 5 fully saturated rings. The van der Waals surface area contributed by atoms with Crippen LogP contribution in [0.2, 0.25) is 15.5 Å². The van der Waals surface area contributed by atoms with Gasteiger partial charge in [-0.3, -0.25) is 23.4 Å². The van der Waals surface area contributed by atoms with E-state index >= 15 is 13.2 Å². The van der Waals surface area contributed by atoms with E-state index in [1.54, 1.807) is 104 Å². The highest BCUT2D eigenvalue weighted by atomic mass is 35.5. The Morgan fingerprint density at radius 2 is 0.557 bits per heavy atom. The number of piperidine rings is 5. The molecule has 4 atom stereocenters. The van der Waals surface area contributed by atoms with E-state index in [9.17, 15) is 114 Å². The largest absolute Gasteiger partial charge is 0.444 e. The summed E-state index contributed by atoms with van der Waals surface area (Å²) >= 11 is 17.6. The van der Waals surface area contributed by atoms with E-state index in [2.05, 4.69) is 25.5 Å². The summed E-state index contributed by atoms with van der Waals surface area (Å²) in [5, 5.41) is 7.36. The highest BCUT2D eigenvalue weighted by molar-refractivity contribution is 7.93. The molecule has 5 aromatic heterocycles. The molecule has 5 saturated heterocycles. The van der Waals surface area contributed by atoms with Gasteiger partial charge in [-0.25, -0.2) is 128 Å². The molecule has 0 aromatic carbocycles. The minimum absolute atomic E-state index is 0.0212. The second-order valence-electron chi connectivity index (χ2n) is 39.6. The average molecular weight is 2180 g/mol. The topological polar surface area (TPSA) is 408 Å². The van der Waals surface area contributed by atoms with E-state index in [1.807, 2.05) is 0 Å². The Balaban J connectivity index is 0.000000268. The number of amides is 5. The van der Waals surface area contributed by atoms with Crippen LogP contribution in [0.3, 0.4) is 0 Å². The van der Waals surface area contributed by atoms with E-state index in [0.717, 1.165) is 56.6 Å². The van der Waals surface area contributed by atoms with Gasteiger partial charge in [0.1, 0.15) is 96.4 Å². The number of halogens is 17. The predicted octanol–water partition coefficient (Wildman–Crippen LogP) is 18.2. The molecule has 0 bridgehead atoms. The molecule has 35 nitrogen and oxygen atoms in total. The van der Waals surface area contributed by atoms with E-state index in [1.165, 1.54) is 59.7 Å². The second kappa shape index (κ2) is 45.8. The van der Waals surface area contributed by atoms with Crippen LogP contribution in [0.5, 0.6) is 0 Å². The smallest absolute Gasteiger partial charge is 0.410 e. The number of carbonyl (C=O) groups is 5. The third kappa shape index (κ3) is 29.9. The van der Waals surface area contributed by atoms with Crippen LogP contribution < -0.4 is 0 Å². The average Bonchev–Trinajstić information content (AvgIpc) is 1.69. The molecule has 57 heteroatoms. The molecule has 800 valence electrons. The Labute approximate surface area is 820 Å². The van der Waals surface area contributed by atoms with Crippen molar-refractivity contribution in [2.24, 2.45) is 64.8 Å². The van der Waals surface area contributed by atoms with Crippen molar-refractivity contribution < 1.29 is 151 Å². The van der Waals surface area contributed by atoms with Crippen molar-refractivity contribution in [1.82, 2.24) is 73.4 Å². The van der Waals surface area contributed by atoms with Crippen molar-refractivity contribution in [2.45, 2.75) is 294 Å². The molecular formula is C83H124Cl3F14N15O20S5. The monoisotopic (exact) mass is 2180 g/mol. The Morgan fingerprint density at radius 3 is 0.814 bits per heavy atom. The zero-order chi connectivity index (χ0) is 107. The molecule has 10 heterocycles. The number of carbonyl (C=O) groups excluding carboxylic acids is 5. The molecule has 3 unspecified atom stereocenters. The molecule has 0 radical (unpaired) electrons. The zero-order valence-corrected chi connectivity index (χ0v) is 88.0. The van der Waals surface area contributed by atoms with Gasteiger partial charge in [-0.15, -0.1) is 0 Å². The van der Waals surface area contributed by atoms with Crippen molar-refractivity contribution in [1.29, 1.82) is 0 Å². The molecule has 5 aliphatic heterocycles. The summed E-state index contributed by atoms with van der Waals surface area (Å²) < 4.78 is 352. The Hall–Kier alpha value is -7.96. The zero-order valence-electron chi connectivity index (χ0n) is 81.7. The van der Waals surface area contributed by atoms with Crippen molar-refractivity contribution in [3.8, 4) is 0 Å². The Morgan fingerprint density at radius 1 is 0.336 bits per heavy atom. The number of sulfone groups is 5. The molecular weight excluding hydrogens is 2060 g/mol. The number of likely N-dealkylation sites (tertiary alicyclic amines) is 5. The maximum atomic E-state index is 15.6. The summed E-state index contributed by atoms with van der Waals surface area (Å²) in [5.41, 5.74) is -10.7. The third-order valence-corrected chi connectivity index (χ3v) is 35.2. The van der Waals surface area contributed by atoms with Gasteiger partial charge >= 0.3 is 30.5 Å². The van der Waals surface area contributed by atoms with E-state index in [-0.39, 0.29) is 121 Å². The highest BCUT2D eigenvalue weighted by Gasteiger charge is 2.56. The van der Waals surface area contributed by atoms with Crippen LogP contribution in [0.15, 0.2) is 36.9 Å². The molecule has 0 N–H and O–H groups in total. The van der Waals surface area contributed by atoms with Gasteiger partial charge < -0.3 is 48.2 Å². The van der Waals surface area contributed by atoms with Crippen LogP contribution in [0.25, 0.3) is 0 Å². The summed E-state index contributed by atoms with van der Waals surface area (Å²) in [5.74, 6) is -4.49. The van der Waals surface area contributed by atoms with Crippen LogP contribution >= 0.6 is 34.8 Å². The lowest BCUT2D eigenvalue weighted by Gasteiger charge is -2.38. The molecule has 5 aliphatic rings. The Kier molecular flexibility index (Phi) is 39.5. The van der Waals surface area contributed by atoms with Crippen molar-refractivity contribution in [3.05, 3.63) is 56.3 Å². The molecule has 140 heavy (non-hydrogen) atoms. The predicted molar refractivity (Wildman–Crippen MR) is 483 cm³/mol. The lowest BCUT2D eigenvalue weighted by molar-refractivity contribution is 0.0121. The van der Waals surface area contributed by atoms with Crippen LogP contribution in [-0.4, -0.2) is 266 Å². The molecule has 0 saturated carbocycles. The lowest BCUT2D eigenvalue weighted by atomic mass is 9.92. The quantitative estimate of drug-likeness (QED) is 0.0516. The highest BCUT2D eigenvalue weighted by Crippen LogP contribution is 2.48. The maximum Gasteiger partial charge on any atom is 0.410 e. The van der Waals surface area contributed by atoms with Gasteiger partial charge in [0.2, 0.25) is 59.9 Å². The summed E-state index contributed by atoms with van der Waals surface area (Å²) in [7, 11) is -16.9. The van der Waals surface area contributed by atoms with Gasteiger partial charge in [-0.2, -0.15) is 25.5 Å². The van der Waals surface area contributed by atoms with Gasteiger partial charge in [0.05, 0.1) is 5.75 Å². The first-order valence-corrected chi connectivity index (χ1v) is 52.7. The normalized spacial score (nSPS) is 18.3. The summed E-state index contributed by atoms with van der Waals surface area (Å²) in [4.78, 5) is 63.3. The summed E-state index contributed by atoms with van der Waals surface area (Å²) in [6, 6.07) is 0. The van der Waals surface area contributed by atoms with Crippen LogP contribution in [0.1, 0.15) is 249 Å². The van der Waals surface area contributed by atoms with Crippen LogP contribution in [-0.2, 0) is 108 Å². The summed E-state index contributed by atoms with van der Waals surface area (Å²) in [6.45, 7) is 30.0. The molecule has 0 spiro atoms. The number of nitrogens with zero attached hydrogens (tertiary/aromatic N) is 15. The lowest BCUT2D eigenvalue weighted by Crippen LogP contribution is -2.48. The Bertz CT molecular complexity index is 5620. The second-order valence-corrected chi connectivity index (χ2v) is 51.3. The number of hydrogen-bond acceptors (Lipinski definition) is 25. The van der Waals surface area contributed by atoms with Crippen LogP contribution in [0, 0.1) is 29.6 Å². The fourth-order valence-electron chi connectivity index (χ4n) is 15.5. The van der Waals surface area contributed by atoms with Crippen LogP contribution in [0.4, 0.5) is 85.4 Å². The number of hydrogen-bond donors (Lipinski definition) is 0. The van der Waals surface area contributed by atoms with Crippen molar-refractivity contribution in [2.75, 3.05) is 71.2 Å². The number of aryl methyl sites for hydroxylation is 5. The number of alkyl halides is 14. The molecule has 10 rings (SSSR count). The summed E-state index contributed by atoms with van der Waals surface area (Å²) in [6.07, 6.45) is -15.4. The van der Waals surface area contributed by atoms with Gasteiger partial charge in [-0.05, 0) is 195 Å². The van der Waals surface area contributed by atoms with Crippen molar-refractivity contribution in [3.63, 3.8) is 0 Å². The standard InChI is InChI=1S/C17H25ClF3N3O4S.2C17H26F3N3O4S.C16H23ClF3N3O4S.C16H24ClF2N3O4S/c1-16(2,3)28-15(25)24-8-6-10(7-9-24)17(4,21)29(26,27)12-11(14(19)20)22-23(5)13(12)18;2*1-16(2,3)27-15(24)23-8-6-11(7-9-23)17(4,20)28(25,26)12-10-22(5)21-13(12)14(18)19;1-16(2,3)27-15(24)23-7-5-9(6-8-23)14(20)28(25,26)11-10(13(18)19)21-22(4)12(11)17;1-16(2,3)26-15(23)22-7-5-10(6-8-22)9-27(24,25)12-11(14(18)19)20-21(4)13(12)17/h10,14H,6-9H2,1-5H3;2*10-11,14H,6-9H2,1-5H3;9,13-14H,5-8H2,1-4H3;10,14H,5-9H2,1-4H3/t;17-;;;/m.1.../s1. The fraction of sp³-hybridized carbons (Fsp3) is 0.759. The minimum atomic E-state index is -4.89. The number of rotatable bonds is 20. The first kappa shape index (κ1) is 121. The van der Waals surface area contributed by atoms with E-state index in [4.69, 9.17) is 58.5 Å². The first-order chi connectivity index (χ1) is 63.5. The number of ether oxygens (including phenoxy) is 5. The van der Waals surface area contributed by atoms with Gasteiger partial charge in [0.15, 0.2) is 9.84 Å². The van der Waals surface area contributed by atoms with Crippen molar-refractivity contribution >= 4 is 114 Å². The SMILES string of the molecule is Cn1cc(S(=O)(=O)C(C)(F)C2CCN(C(=O)OC(C)(C)C)CC2)c(C(F)F)n1.Cn1cc(S(=O)(=O)[C@@](C)(F)C2CCN(C(=O)OC(C)(C)C)CC2)c(C(F)F)n1.Cn1nc(C(F)F)c(S(=O)(=O)C(C)(F)C2CCN(C(=O)OC(C)(C)C)CC2)c1Cl.Cn1nc(C(F)F)c(S(=O)(=O)C(F)C2CCN(C(=O)OC(C)(C)C)CC2)c1Cl.Cn1nc(C(F)F)c(S(=O)(=O)CC2CCN(C(=O)OC(C)(C)C)CC2)c1Cl. The third-order valence-electron chi connectivity index (χ3n) is 22.8. The van der Waals surface area contributed by atoms with E-state index in [0.29, 0.717) is 25.9 Å². The van der Waals surface area contributed by atoms with E-state index < -0.39 is 247 Å². The minimum Gasteiger partial charge on any atom is -0.444 e. The maximum absolute atomic E-state index is 15.6. The van der Waals surface area contributed by atoms with Gasteiger partial charge in [0.25, 0.3) is 32.1 Å². The molecule has 5 amide bonds. The molecule has 0 aliphatic carbocycles. The number of aromatic nitrogens is 10. The van der Waals surface area contributed by atoms with Gasteiger partial charge in [0, 0.05) is 137 Å². The first-order valence-electron chi connectivity index (χ1n) is 44.0. The molecule has 5 aromatic rings.